The lowest BCUT2D eigenvalue weighted by Crippen LogP contribution is -2.53. The normalized spacial score (nSPS) is 12.0. The topological polar surface area (TPSA) is 86.8 Å². The molecule has 2 amide bonds. The van der Waals surface area contributed by atoms with Gasteiger partial charge in [-0.1, -0.05) is 72.3 Å². The molecule has 0 fully saturated rings. The minimum Gasteiger partial charge on any atom is -0.357 e. The van der Waals surface area contributed by atoms with Gasteiger partial charge in [-0.25, -0.2) is 8.42 Å². The van der Waals surface area contributed by atoms with Gasteiger partial charge in [0, 0.05) is 20.0 Å². The lowest BCUT2D eigenvalue weighted by molar-refractivity contribution is -0.139. The molecule has 190 valence electrons. The van der Waals surface area contributed by atoms with Crippen LogP contribution in [0.3, 0.4) is 0 Å². The van der Waals surface area contributed by atoms with E-state index in [9.17, 15) is 18.0 Å². The molecule has 0 saturated carbocycles. The van der Waals surface area contributed by atoms with Crippen LogP contribution in [-0.2, 0) is 32.6 Å². The molecule has 7 nitrogen and oxygen atoms in total. The highest BCUT2D eigenvalue weighted by Crippen LogP contribution is 2.21. The van der Waals surface area contributed by atoms with Gasteiger partial charge in [-0.15, -0.1) is 0 Å². The van der Waals surface area contributed by atoms with Crippen LogP contribution in [0.15, 0.2) is 78.9 Å². The Morgan fingerprint density at radius 1 is 0.889 bits per heavy atom. The Hall–Kier alpha value is -3.65. The number of anilines is 1. The second-order valence-corrected chi connectivity index (χ2v) is 10.8. The average molecular weight is 508 g/mol. The Balaban J connectivity index is 2.03. The number of hydrogen-bond acceptors (Lipinski definition) is 4. The van der Waals surface area contributed by atoms with Crippen LogP contribution in [-0.4, -0.2) is 51.0 Å². The van der Waals surface area contributed by atoms with E-state index in [-0.39, 0.29) is 12.5 Å². The number of sulfonamides is 1. The third-order valence-corrected chi connectivity index (χ3v) is 7.26. The standard InChI is InChI=1S/C28H33N3O4S/c1-21-14-16-25(17-15-21)31(36(4,34)35)20-27(32)30(19-24-13-9-8-10-22(24)2)26(28(33)29-3)18-23-11-6-5-7-12-23/h5-17,26H,18-20H2,1-4H3,(H,29,33). The molecule has 0 aliphatic carbocycles. The van der Waals surface area contributed by atoms with Crippen LogP contribution < -0.4 is 9.62 Å². The number of likely N-dealkylation sites (N-methyl/N-ethyl adjacent to an activating group) is 1. The summed E-state index contributed by atoms with van der Waals surface area (Å²) in [6.45, 7) is 3.60. The molecule has 3 aromatic carbocycles. The summed E-state index contributed by atoms with van der Waals surface area (Å²) in [6, 6.07) is 23.2. The number of nitrogens with one attached hydrogen (secondary N) is 1. The fourth-order valence-corrected chi connectivity index (χ4v) is 4.87. The van der Waals surface area contributed by atoms with E-state index in [1.165, 1.54) is 11.9 Å². The first-order chi connectivity index (χ1) is 17.1. The summed E-state index contributed by atoms with van der Waals surface area (Å²) in [4.78, 5) is 28.4. The van der Waals surface area contributed by atoms with E-state index < -0.39 is 28.5 Å². The average Bonchev–Trinajstić information content (AvgIpc) is 2.85. The van der Waals surface area contributed by atoms with Crippen LogP contribution in [0.5, 0.6) is 0 Å². The van der Waals surface area contributed by atoms with Gasteiger partial charge in [0.2, 0.25) is 21.8 Å². The first-order valence-corrected chi connectivity index (χ1v) is 13.6. The van der Waals surface area contributed by atoms with Crippen LogP contribution in [0, 0.1) is 13.8 Å². The Labute approximate surface area is 213 Å². The molecule has 8 heteroatoms. The fraction of sp³-hybridized carbons (Fsp3) is 0.286. The number of amides is 2. The molecule has 1 unspecified atom stereocenters. The summed E-state index contributed by atoms with van der Waals surface area (Å²) < 4.78 is 26.5. The van der Waals surface area contributed by atoms with Crippen LogP contribution in [0.1, 0.15) is 22.3 Å². The zero-order chi connectivity index (χ0) is 26.3. The zero-order valence-electron chi connectivity index (χ0n) is 21.1. The van der Waals surface area contributed by atoms with Crippen molar-refractivity contribution in [3.8, 4) is 0 Å². The van der Waals surface area contributed by atoms with Crippen molar-refractivity contribution in [2.45, 2.75) is 32.9 Å². The van der Waals surface area contributed by atoms with Gasteiger partial charge in [0.25, 0.3) is 0 Å². The Morgan fingerprint density at radius 3 is 2.08 bits per heavy atom. The van der Waals surface area contributed by atoms with Gasteiger partial charge in [0.05, 0.1) is 11.9 Å². The molecular formula is C28H33N3O4S. The van der Waals surface area contributed by atoms with Crippen molar-refractivity contribution in [3.05, 3.63) is 101 Å². The van der Waals surface area contributed by atoms with Crippen molar-refractivity contribution in [1.82, 2.24) is 10.2 Å². The van der Waals surface area contributed by atoms with Crippen LogP contribution >= 0.6 is 0 Å². The second kappa shape index (κ2) is 11.9. The van der Waals surface area contributed by atoms with Gasteiger partial charge in [0.15, 0.2) is 0 Å². The lowest BCUT2D eigenvalue weighted by atomic mass is 10.0. The van der Waals surface area contributed by atoms with Crippen molar-refractivity contribution in [2.75, 3.05) is 24.2 Å². The molecule has 1 N–H and O–H groups in total. The lowest BCUT2D eigenvalue weighted by Gasteiger charge is -2.33. The van der Waals surface area contributed by atoms with E-state index in [0.29, 0.717) is 12.1 Å². The number of hydrogen-bond donors (Lipinski definition) is 1. The maximum atomic E-state index is 13.8. The Kier molecular flexibility index (Phi) is 8.88. The summed E-state index contributed by atoms with van der Waals surface area (Å²) in [5.41, 5.74) is 4.12. The summed E-state index contributed by atoms with van der Waals surface area (Å²) in [6.07, 6.45) is 1.37. The van der Waals surface area contributed by atoms with E-state index in [1.807, 2.05) is 68.4 Å². The van der Waals surface area contributed by atoms with Gasteiger partial charge in [-0.05, 0) is 42.7 Å². The molecule has 1 atom stereocenters. The number of rotatable bonds is 10. The maximum absolute atomic E-state index is 13.8. The molecule has 3 aromatic rings. The van der Waals surface area contributed by atoms with Crippen LogP contribution in [0.4, 0.5) is 5.69 Å². The molecule has 0 radical (unpaired) electrons. The molecule has 0 spiro atoms. The maximum Gasteiger partial charge on any atom is 0.244 e. The Bertz CT molecular complexity index is 1290. The highest BCUT2D eigenvalue weighted by atomic mass is 32.2. The van der Waals surface area contributed by atoms with Crippen molar-refractivity contribution in [1.29, 1.82) is 0 Å². The third kappa shape index (κ3) is 6.95. The third-order valence-electron chi connectivity index (χ3n) is 6.12. The largest absolute Gasteiger partial charge is 0.357 e. The molecule has 0 aromatic heterocycles. The second-order valence-electron chi connectivity index (χ2n) is 8.87. The fourth-order valence-electron chi connectivity index (χ4n) is 4.02. The van der Waals surface area contributed by atoms with Crippen molar-refractivity contribution < 1.29 is 18.0 Å². The summed E-state index contributed by atoms with van der Waals surface area (Å²) >= 11 is 0. The molecular weight excluding hydrogens is 474 g/mol. The minimum absolute atomic E-state index is 0.169. The number of benzene rings is 3. The van der Waals surface area contributed by atoms with Crippen LogP contribution in [0.25, 0.3) is 0 Å². The number of carbonyl (C=O) groups excluding carboxylic acids is 2. The summed E-state index contributed by atoms with van der Waals surface area (Å²) in [5, 5.41) is 2.68. The monoisotopic (exact) mass is 507 g/mol. The first-order valence-electron chi connectivity index (χ1n) is 11.7. The molecule has 3 rings (SSSR count). The highest BCUT2D eigenvalue weighted by Gasteiger charge is 2.32. The van der Waals surface area contributed by atoms with E-state index >= 15 is 0 Å². The van der Waals surface area contributed by atoms with E-state index in [0.717, 1.165) is 32.8 Å². The van der Waals surface area contributed by atoms with Crippen molar-refractivity contribution in [3.63, 3.8) is 0 Å². The number of nitrogens with zero attached hydrogens (tertiary/aromatic N) is 2. The van der Waals surface area contributed by atoms with Gasteiger partial charge < -0.3 is 10.2 Å². The summed E-state index contributed by atoms with van der Waals surface area (Å²) in [7, 11) is -2.23. The van der Waals surface area contributed by atoms with E-state index in [2.05, 4.69) is 5.32 Å². The molecule has 0 heterocycles. The quantitative estimate of drug-likeness (QED) is 0.455. The van der Waals surface area contributed by atoms with Crippen molar-refractivity contribution in [2.24, 2.45) is 0 Å². The molecule has 0 aliphatic rings. The zero-order valence-corrected chi connectivity index (χ0v) is 22.0. The SMILES string of the molecule is CNC(=O)C(Cc1ccccc1)N(Cc1ccccc1C)C(=O)CN(c1ccc(C)cc1)S(C)(=O)=O. The minimum atomic E-state index is -3.77. The highest BCUT2D eigenvalue weighted by molar-refractivity contribution is 7.92. The van der Waals surface area contributed by atoms with Gasteiger partial charge in [0.1, 0.15) is 12.6 Å². The van der Waals surface area contributed by atoms with Crippen LogP contribution in [0.2, 0.25) is 0 Å². The first kappa shape index (κ1) is 26.9. The van der Waals surface area contributed by atoms with Gasteiger partial charge in [-0.3, -0.25) is 13.9 Å². The van der Waals surface area contributed by atoms with Gasteiger partial charge in [-0.2, -0.15) is 0 Å². The van der Waals surface area contributed by atoms with E-state index in [1.54, 1.807) is 24.3 Å². The number of carbonyl (C=O) groups is 2. The van der Waals surface area contributed by atoms with Crippen molar-refractivity contribution >= 4 is 27.5 Å². The van der Waals surface area contributed by atoms with Gasteiger partial charge >= 0.3 is 0 Å². The molecule has 0 aliphatic heterocycles. The number of aryl methyl sites for hydroxylation is 2. The Morgan fingerprint density at radius 2 is 1.50 bits per heavy atom. The molecule has 0 saturated heterocycles. The van der Waals surface area contributed by atoms with E-state index in [4.69, 9.17) is 0 Å². The molecule has 0 bridgehead atoms. The predicted molar refractivity (Wildman–Crippen MR) is 143 cm³/mol. The summed E-state index contributed by atoms with van der Waals surface area (Å²) in [5.74, 6) is -0.782. The predicted octanol–water partition coefficient (Wildman–Crippen LogP) is 3.46. The smallest absolute Gasteiger partial charge is 0.244 e. The molecule has 36 heavy (non-hydrogen) atoms.